The predicted molar refractivity (Wildman–Crippen MR) is 74.8 cm³/mol. The SMILES string of the molecule is CSc1c[nH]c2c(I)cc(C(=O)O)c(Cl)c12. The van der Waals surface area contributed by atoms with Crippen LogP contribution in [0.4, 0.5) is 0 Å². The molecule has 1 aromatic carbocycles. The van der Waals surface area contributed by atoms with Crippen molar-refractivity contribution in [2.75, 3.05) is 6.26 Å². The maximum Gasteiger partial charge on any atom is 0.337 e. The van der Waals surface area contributed by atoms with E-state index < -0.39 is 5.97 Å². The first kappa shape index (κ1) is 12.1. The van der Waals surface area contributed by atoms with Crippen LogP contribution < -0.4 is 0 Å². The largest absolute Gasteiger partial charge is 0.478 e. The minimum atomic E-state index is -1.00. The maximum atomic E-state index is 11.0. The fraction of sp³-hybridized carbons (Fsp3) is 0.100. The van der Waals surface area contributed by atoms with Crippen LogP contribution in [0, 0.1) is 3.57 Å². The van der Waals surface area contributed by atoms with Crippen molar-refractivity contribution < 1.29 is 9.90 Å². The lowest BCUT2D eigenvalue weighted by molar-refractivity contribution is 0.0697. The number of aromatic carboxylic acids is 1. The first-order chi connectivity index (χ1) is 7.56. The summed E-state index contributed by atoms with van der Waals surface area (Å²) in [6, 6.07) is 1.58. The van der Waals surface area contributed by atoms with Crippen LogP contribution in [-0.2, 0) is 0 Å². The number of aromatic nitrogens is 1. The summed E-state index contributed by atoms with van der Waals surface area (Å²) >= 11 is 9.75. The predicted octanol–water partition coefficient (Wildman–Crippen LogP) is 3.85. The highest BCUT2D eigenvalue weighted by Crippen LogP contribution is 2.36. The second-order valence-electron chi connectivity index (χ2n) is 3.13. The summed E-state index contributed by atoms with van der Waals surface area (Å²) in [5.41, 5.74) is 1.04. The van der Waals surface area contributed by atoms with Crippen molar-refractivity contribution in [1.82, 2.24) is 4.98 Å². The molecule has 0 unspecified atom stereocenters. The van der Waals surface area contributed by atoms with Crippen LogP contribution in [0.25, 0.3) is 10.9 Å². The maximum absolute atomic E-state index is 11.0. The average Bonchev–Trinajstić information content (AvgIpc) is 2.67. The van der Waals surface area contributed by atoms with Crippen LogP contribution in [0.1, 0.15) is 10.4 Å². The van der Waals surface area contributed by atoms with Crippen LogP contribution in [0.15, 0.2) is 17.2 Å². The van der Waals surface area contributed by atoms with Gasteiger partial charge in [0.2, 0.25) is 0 Å². The highest BCUT2D eigenvalue weighted by atomic mass is 127. The number of halogens is 2. The zero-order chi connectivity index (χ0) is 11.9. The van der Waals surface area contributed by atoms with Gasteiger partial charge < -0.3 is 10.1 Å². The van der Waals surface area contributed by atoms with E-state index in [0.29, 0.717) is 5.02 Å². The standard InChI is InChI=1S/C10H7ClINO2S/c1-16-6-3-13-9-5(12)2-4(10(14)15)8(11)7(6)9/h2-3,13H,1H3,(H,14,15). The Morgan fingerprint density at radius 3 is 2.88 bits per heavy atom. The number of hydrogen-bond acceptors (Lipinski definition) is 2. The number of benzene rings is 1. The Morgan fingerprint density at radius 1 is 1.62 bits per heavy atom. The number of hydrogen-bond donors (Lipinski definition) is 2. The molecule has 0 aliphatic carbocycles. The van der Waals surface area contributed by atoms with E-state index in [9.17, 15) is 4.79 Å². The third-order valence-electron chi connectivity index (χ3n) is 2.26. The Balaban J connectivity index is 2.89. The fourth-order valence-corrected chi connectivity index (χ4v) is 3.23. The van der Waals surface area contributed by atoms with Crippen molar-refractivity contribution in [2.45, 2.75) is 4.90 Å². The van der Waals surface area contributed by atoms with E-state index in [2.05, 4.69) is 27.6 Å². The van der Waals surface area contributed by atoms with Crippen molar-refractivity contribution in [2.24, 2.45) is 0 Å². The van der Waals surface area contributed by atoms with E-state index in [0.717, 1.165) is 19.4 Å². The third-order valence-corrected chi connectivity index (χ3v) is 4.27. The minimum absolute atomic E-state index is 0.147. The first-order valence-electron chi connectivity index (χ1n) is 4.32. The smallest absolute Gasteiger partial charge is 0.337 e. The third kappa shape index (κ3) is 1.80. The molecule has 0 aliphatic heterocycles. The van der Waals surface area contributed by atoms with Crippen molar-refractivity contribution in [3.63, 3.8) is 0 Å². The van der Waals surface area contributed by atoms with Crippen LogP contribution in [-0.4, -0.2) is 22.3 Å². The van der Waals surface area contributed by atoms with Gasteiger partial charge in [0.05, 0.1) is 16.1 Å². The number of thioether (sulfide) groups is 1. The van der Waals surface area contributed by atoms with E-state index in [4.69, 9.17) is 16.7 Å². The Kier molecular flexibility index (Phi) is 3.37. The van der Waals surface area contributed by atoms with Gasteiger partial charge >= 0.3 is 5.97 Å². The average molecular weight is 368 g/mol. The highest BCUT2D eigenvalue weighted by Gasteiger charge is 2.17. The second-order valence-corrected chi connectivity index (χ2v) is 5.52. The molecular weight excluding hydrogens is 361 g/mol. The first-order valence-corrected chi connectivity index (χ1v) is 7.00. The van der Waals surface area contributed by atoms with E-state index >= 15 is 0 Å². The summed E-state index contributed by atoms with van der Waals surface area (Å²) < 4.78 is 0.856. The lowest BCUT2D eigenvalue weighted by Crippen LogP contribution is -1.98. The number of rotatable bonds is 2. The lowest BCUT2D eigenvalue weighted by Gasteiger charge is -2.04. The molecule has 84 valence electrons. The number of aromatic amines is 1. The summed E-state index contributed by atoms with van der Waals surface area (Å²) in [7, 11) is 0. The fourth-order valence-electron chi connectivity index (χ4n) is 1.53. The van der Waals surface area contributed by atoms with Crippen LogP contribution in [0.3, 0.4) is 0 Å². The molecule has 3 nitrogen and oxygen atoms in total. The van der Waals surface area contributed by atoms with Gasteiger partial charge in [0.1, 0.15) is 0 Å². The van der Waals surface area contributed by atoms with Gasteiger partial charge in [-0.3, -0.25) is 0 Å². The molecule has 2 aromatic rings. The molecule has 0 aliphatic rings. The van der Waals surface area contributed by atoms with Gasteiger partial charge in [-0.1, -0.05) is 11.6 Å². The number of carboxylic acids is 1. The van der Waals surface area contributed by atoms with Crippen molar-refractivity contribution in [1.29, 1.82) is 0 Å². The summed E-state index contributed by atoms with van der Waals surface area (Å²) in [6.07, 6.45) is 3.77. The Bertz CT molecular complexity index is 582. The highest BCUT2D eigenvalue weighted by molar-refractivity contribution is 14.1. The summed E-state index contributed by atoms with van der Waals surface area (Å²) in [4.78, 5) is 15.1. The number of H-pyrrole nitrogens is 1. The minimum Gasteiger partial charge on any atom is -0.478 e. The Labute approximate surface area is 115 Å². The van der Waals surface area contributed by atoms with Crippen molar-refractivity contribution in [3.05, 3.63) is 26.4 Å². The molecule has 0 saturated heterocycles. The molecule has 2 rings (SSSR count). The summed E-state index contributed by atoms with van der Waals surface area (Å²) in [6.45, 7) is 0. The molecule has 0 amide bonds. The van der Waals surface area contributed by atoms with Crippen LogP contribution in [0.5, 0.6) is 0 Å². The van der Waals surface area contributed by atoms with Gasteiger partial charge in [-0.15, -0.1) is 11.8 Å². The van der Waals surface area contributed by atoms with Gasteiger partial charge in [0, 0.05) is 20.0 Å². The van der Waals surface area contributed by atoms with Crippen LogP contribution in [0.2, 0.25) is 5.02 Å². The van der Waals surface area contributed by atoms with Gasteiger partial charge in [0.15, 0.2) is 0 Å². The molecule has 1 heterocycles. The normalized spacial score (nSPS) is 10.9. The van der Waals surface area contributed by atoms with E-state index in [-0.39, 0.29) is 5.56 Å². The number of fused-ring (bicyclic) bond motifs is 1. The molecule has 6 heteroatoms. The van der Waals surface area contributed by atoms with Crippen molar-refractivity contribution >= 4 is 62.8 Å². The Hall–Kier alpha value is -0.400. The number of carboxylic acid groups (broad SMARTS) is 1. The molecule has 0 spiro atoms. The molecule has 0 saturated carbocycles. The van der Waals surface area contributed by atoms with E-state index in [1.54, 1.807) is 6.07 Å². The number of nitrogens with one attached hydrogen (secondary N) is 1. The topological polar surface area (TPSA) is 53.1 Å². The quantitative estimate of drug-likeness (QED) is 0.626. The molecule has 2 N–H and O–H groups in total. The zero-order valence-corrected chi connectivity index (χ0v) is 11.9. The van der Waals surface area contributed by atoms with Gasteiger partial charge in [-0.2, -0.15) is 0 Å². The second kappa shape index (κ2) is 4.46. The van der Waals surface area contributed by atoms with E-state index in [1.807, 2.05) is 12.5 Å². The molecular formula is C10H7ClINO2S. The van der Waals surface area contributed by atoms with E-state index in [1.165, 1.54) is 11.8 Å². The molecule has 0 radical (unpaired) electrons. The molecule has 0 bridgehead atoms. The van der Waals surface area contributed by atoms with Gasteiger partial charge in [-0.25, -0.2) is 4.79 Å². The number of carbonyl (C=O) groups is 1. The Morgan fingerprint density at radius 2 is 2.31 bits per heavy atom. The molecule has 1 aromatic heterocycles. The zero-order valence-electron chi connectivity index (χ0n) is 8.17. The summed E-state index contributed by atoms with van der Waals surface area (Å²) in [5.74, 6) is -1.00. The summed E-state index contributed by atoms with van der Waals surface area (Å²) in [5, 5.41) is 10.1. The molecule has 0 atom stereocenters. The van der Waals surface area contributed by atoms with Crippen LogP contribution >= 0.6 is 46.0 Å². The van der Waals surface area contributed by atoms with Gasteiger partial charge in [-0.05, 0) is 34.9 Å². The van der Waals surface area contributed by atoms with Gasteiger partial charge in [0.25, 0.3) is 0 Å². The molecule has 16 heavy (non-hydrogen) atoms. The lowest BCUT2D eigenvalue weighted by atomic mass is 10.1. The van der Waals surface area contributed by atoms with Crippen molar-refractivity contribution in [3.8, 4) is 0 Å². The monoisotopic (exact) mass is 367 g/mol. The molecule has 0 fully saturated rings.